The Kier molecular flexibility index (Phi) is 7.57. The molecule has 0 radical (unpaired) electrons. The molecule has 0 saturated heterocycles. The molecule has 0 aromatic carbocycles. The van der Waals surface area contributed by atoms with Crippen molar-refractivity contribution in [3.8, 4) is 0 Å². The Morgan fingerprint density at radius 1 is 1.33 bits per heavy atom. The summed E-state index contributed by atoms with van der Waals surface area (Å²) in [6.45, 7) is 5.02. The molecule has 0 aliphatic rings. The number of nitrogens with one attached hydrogen (secondary N) is 2. The molecule has 0 bridgehead atoms. The van der Waals surface area contributed by atoms with Crippen LogP contribution in [0.2, 0.25) is 0 Å². The maximum absolute atomic E-state index is 4.90. The van der Waals surface area contributed by atoms with Crippen molar-refractivity contribution >= 4 is 41.3 Å². The number of aromatic nitrogens is 3. The van der Waals surface area contributed by atoms with E-state index in [2.05, 4.69) is 36.1 Å². The monoisotopic (exact) mass is 422 g/mol. The third-order valence-electron chi connectivity index (χ3n) is 2.55. The molecule has 0 unspecified atom stereocenters. The summed E-state index contributed by atoms with van der Waals surface area (Å²) in [6.07, 6.45) is 0.867. The number of hydrogen-bond acceptors (Lipinski definition) is 6. The molecule has 0 fully saturated rings. The lowest BCUT2D eigenvalue weighted by Crippen LogP contribution is -2.38. The molecule has 0 spiro atoms. The zero-order chi connectivity index (χ0) is 14.4. The van der Waals surface area contributed by atoms with Gasteiger partial charge in [0, 0.05) is 32.3 Å². The highest BCUT2D eigenvalue weighted by molar-refractivity contribution is 14.0. The van der Waals surface area contributed by atoms with Crippen LogP contribution in [0.4, 0.5) is 0 Å². The number of hydrogen-bond donors (Lipinski definition) is 2. The maximum Gasteiger partial charge on any atom is 0.223 e. The van der Waals surface area contributed by atoms with Crippen LogP contribution in [0.25, 0.3) is 0 Å². The van der Waals surface area contributed by atoms with Crippen molar-refractivity contribution in [3.63, 3.8) is 0 Å². The smallest absolute Gasteiger partial charge is 0.223 e. The Hall–Kier alpha value is -1.23. The molecule has 2 rings (SSSR count). The predicted octanol–water partition coefficient (Wildman–Crippen LogP) is 1.67. The van der Waals surface area contributed by atoms with Gasteiger partial charge in [-0.1, -0.05) is 5.16 Å². The highest BCUT2D eigenvalue weighted by atomic mass is 127. The first-order chi connectivity index (χ1) is 9.67. The quantitative estimate of drug-likeness (QED) is 0.433. The largest absolute Gasteiger partial charge is 0.356 e. The fraction of sp³-hybridized carbons (Fsp3) is 0.500. The van der Waals surface area contributed by atoms with Gasteiger partial charge >= 0.3 is 0 Å². The molecule has 0 aliphatic carbocycles. The SMILES string of the molecule is CN=C(NCCc1csc(C)n1)NCc1noc(C)n1.I. The second kappa shape index (κ2) is 8.93. The molecule has 2 heterocycles. The molecule has 0 saturated carbocycles. The summed E-state index contributed by atoms with van der Waals surface area (Å²) in [4.78, 5) is 12.7. The molecule has 2 aromatic rings. The van der Waals surface area contributed by atoms with Gasteiger partial charge in [0.2, 0.25) is 5.89 Å². The van der Waals surface area contributed by atoms with E-state index in [0.717, 1.165) is 23.7 Å². The van der Waals surface area contributed by atoms with Gasteiger partial charge in [-0.05, 0) is 6.92 Å². The van der Waals surface area contributed by atoms with Crippen LogP contribution in [0.3, 0.4) is 0 Å². The number of aryl methyl sites for hydroxylation is 2. The third-order valence-corrected chi connectivity index (χ3v) is 3.37. The van der Waals surface area contributed by atoms with E-state index < -0.39 is 0 Å². The lowest BCUT2D eigenvalue weighted by atomic mass is 10.3. The average molecular weight is 422 g/mol. The Labute approximate surface area is 144 Å². The summed E-state index contributed by atoms with van der Waals surface area (Å²) in [5.74, 6) is 1.88. The van der Waals surface area contributed by atoms with E-state index >= 15 is 0 Å². The van der Waals surface area contributed by atoms with Gasteiger partial charge < -0.3 is 15.2 Å². The summed E-state index contributed by atoms with van der Waals surface area (Å²) in [5.41, 5.74) is 1.10. The van der Waals surface area contributed by atoms with E-state index in [-0.39, 0.29) is 24.0 Å². The normalized spacial score (nSPS) is 11.1. The standard InChI is InChI=1S/C12H18N6OS.HI/c1-8-16-11(18-19-8)6-15-12(13-3)14-5-4-10-7-20-9(2)17-10;/h7H,4-6H2,1-3H3,(H2,13,14,15);1H. The second-order valence-corrected chi connectivity index (χ2v) is 5.25. The van der Waals surface area contributed by atoms with Gasteiger partial charge in [0.25, 0.3) is 0 Å². The molecule has 21 heavy (non-hydrogen) atoms. The highest BCUT2D eigenvalue weighted by Gasteiger charge is 2.04. The van der Waals surface area contributed by atoms with Crippen molar-refractivity contribution in [3.05, 3.63) is 27.8 Å². The van der Waals surface area contributed by atoms with Gasteiger partial charge in [-0.2, -0.15) is 4.98 Å². The van der Waals surface area contributed by atoms with E-state index in [0.29, 0.717) is 24.2 Å². The van der Waals surface area contributed by atoms with Gasteiger partial charge in [0.15, 0.2) is 11.8 Å². The molecule has 9 heteroatoms. The number of nitrogens with zero attached hydrogens (tertiary/aromatic N) is 4. The maximum atomic E-state index is 4.90. The van der Waals surface area contributed by atoms with Crippen molar-refractivity contribution < 1.29 is 4.52 Å². The lowest BCUT2D eigenvalue weighted by molar-refractivity contribution is 0.387. The topological polar surface area (TPSA) is 88.2 Å². The van der Waals surface area contributed by atoms with Crippen LogP contribution in [-0.4, -0.2) is 34.7 Å². The summed E-state index contributed by atoms with van der Waals surface area (Å²) in [5, 5.41) is 13.3. The molecular formula is C12H19IN6OS. The summed E-state index contributed by atoms with van der Waals surface area (Å²) in [7, 11) is 1.73. The molecule has 0 amide bonds. The van der Waals surface area contributed by atoms with E-state index in [9.17, 15) is 0 Å². The Bertz CT molecular complexity index is 582. The van der Waals surface area contributed by atoms with E-state index in [1.54, 1.807) is 25.3 Å². The lowest BCUT2D eigenvalue weighted by Gasteiger charge is -2.09. The number of rotatable bonds is 5. The molecule has 2 N–H and O–H groups in total. The first-order valence-corrected chi connectivity index (χ1v) is 7.20. The van der Waals surface area contributed by atoms with Crippen LogP contribution in [0.15, 0.2) is 14.9 Å². The van der Waals surface area contributed by atoms with E-state index in [1.165, 1.54) is 0 Å². The number of thiazole rings is 1. The van der Waals surface area contributed by atoms with Gasteiger partial charge in [0.05, 0.1) is 17.2 Å². The van der Waals surface area contributed by atoms with Crippen LogP contribution < -0.4 is 10.6 Å². The fourth-order valence-corrected chi connectivity index (χ4v) is 2.28. The van der Waals surface area contributed by atoms with Gasteiger partial charge in [0.1, 0.15) is 0 Å². The van der Waals surface area contributed by atoms with Crippen molar-refractivity contribution in [2.75, 3.05) is 13.6 Å². The minimum absolute atomic E-state index is 0. The molecule has 0 aliphatic heterocycles. The number of guanidine groups is 1. The predicted molar refractivity (Wildman–Crippen MR) is 93.2 cm³/mol. The van der Waals surface area contributed by atoms with Crippen molar-refractivity contribution in [2.45, 2.75) is 26.8 Å². The van der Waals surface area contributed by atoms with Gasteiger partial charge in [-0.3, -0.25) is 4.99 Å². The van der Waals surface area contributed by atoms with Crippen LogP contribution in [0.5, 0.6) is 0 Å². The third kappa shape index (κ3) is 5.96. The highest BCUT2D eigenvalue weighted by Crippen LogP contribution is 2.07. The first kappa shape index (κ1) is 17.8. The summed E-state index contributed by atoms with van der Waals surface area (Å²) in [6, 6.07) is 0. The molecular weight excluding hydrogens is 403 g/mol. The average Bonchev–Trinajstić information content (AvgIpc) is 3.02. The van der Waals surface area contributed by atoms with Crippen LogP contribution >= 0.6 is 35.3 Å². The van der Waals surface area contributed by atoms with Gasteiger partial charge in [-0.15, -0.1) is 35.3 Å². The molecule has 0 atom stereocenters. The first-order valence-electron chi connectivity index (χ1n) is 6.32. The van der Waals surface area contributed by atoms with Crippen molar-refractivity contribution in [1.82, 2.24) is 25.8 Å². The Morgan fingerprint density at radius 2 is 2.14 bits per heavy atom. The zero-order valence-corrected chi connectivity index (χ0v) is 15.4. The van der Waals surface area contributed by atoms with Crippen molar-refractivity contribution in [1.29, 1.82) is 0 Å². The molecule has 2 aromatic heterocycles. The van der Waals surface area contributed by atoms with Gasteiger partial charge in [-0.25, -0.2) is 4.98 Å². The van der Waals surface area contributed by atoms with Crippen LogP contribution in [0.1, 0.15) is 22.4 Å². The fourth-order valence-electron chi connectivity index (χ4n) is 1.63. The second-order valence-electron chi connectivity index (χ2n) is 4.19. The molecule has 7 nitrogen and oxygen atoms in total. The minimum Gasteiger partial charge on any atom is -0.356 e. The minimum atomic E-state index is 0. The Morgan fingerprint density at radius 3 is 2.71 bits per heavy atom. The molecule has 116 valence electrons. The van der Waals surface area contributed by atoms with Crippen LogP contribution in [0, 0.1) is 13.8 Å². The summed E-state index contributed by atoms with van der Waals surface area (Å²) >= 11 is 1.67. The van der Waals surface area contributed by atoms with E-state index in [1.807, 2.05) is 6.92 Å². The number of aliphatic imine (C=N–C) groups is 1. The van der Waals surface area contributed by atoms with E-state index in [4.69, 9.17) is 4.52 Å². The van der Waals surface area contributed by atoms with Crippen LogP contribution in [-0.2, 0) is 13.0 Å². The summed E-state index contributed by atoms with van der Waals surface area (Å²) < 4.78 is 4.90. The zero-order valence-electron chi connectivity index (χ0n) is 12.2. The van der Waals surface area contributed by atoms with Crippen molar-refractivity contribution in [2.24, 2.45) is 4.99 Å². The Balaban J connectivity index is 0.00000220. The number of halogens is 1.